The Morgan fingerprint density at radius 2 is 1.89 bits per heavy atom. The van der Waals surface area contributed by atoms with Gasteiger partial charge in [0.15, 0.2) is 0 Å². The summed E-state index contributed by atoms with van der Waals surface area (Å²) in [6.45, 7) is 4.15. The van der Waals surface area contributed by atoms with Gasteiger partial charge in [-0.1, -0.05) is 24.6 Å². The first-order valence-electron chi connectivity index (χ1n) is 13.4. The van der Waals surface area contributed by atoms with Crippen molar-refractivity contribution in [2.45, 2.75) is 57.2 Å². The second-order valence-electron chi connectivity index (χ2n) is 10.4. The van der Waals surface area contributed by atoms with Crippen LogP contribution in [0.2, 0.25) is 0 Å². The molecular formula is C30H39N5O2. The minimum atomic E-state index is 0.158. The summed E-state index contributed by atoms with van der Waals surface area (Å²) in [5, 5.41) is 3.60. The third-order valence-electron chi connectivity index (χ3n) is 7.62. The molecule has 3 heterocycles. The average molecular weight is 502 g/mol. The summed E-state index contributed by atoms with van der Waals surface area (Å²) in [5.74, 6) is 3.52. The Hall–Kier alpha value is -3.32. The van der Waals surface area contributed by atoms with Gasteiger partial charge in [-0.2, -0.15) is 4.98 Å². The van der Waals surface area contributed by atoms with E-state index in [-0.39, 0.29) is 12.1 Å². The molecule has 0 bridgehead atoms. The number of aromatic nitrogens is 2. The average Bonchev–Trinajstić information content (AvgIpc) is 2.94. The van der Waals surface area contributed by atoms with E-state index in [0.29, 0.717) is 6.04 Å². The standard InChI is InChI=1S/C30H39N5O2/c1-21(27-7-5-6-16-31-27)37-24-10-8-22(9-11-24)19-28-26-13-12-25(36-4)20-23(26)15-18-35(28)29-14-17-32-30(33-29)34(2)3/h8-14,17,20-21,27-28,31H,5-7,15-16,18-19H2,1-4H3. The van der Waals surface area contributed by atoms with Crippen LogP contribution in [-0.4, -0.2) is 56.4 Å². The van der Waals surface area contributed by atoms with E-state index in [1.54, 1.807) is 7.11 Å². The quantitative estimate of drug-likeness (QED) is 0.475. The summed E-state index contributed by atoms with van der Waals surface area (Å²) in [5.41, 5.74) is 3.95. The number of fused-ring (bicyclic) bond motifs is 1. The maximum Gasteiger partial charge on any atom is 0.226 e. The lowest BCUT2D eigenvalue weighted by Crippen LogP contribution is -2.44. The van der Waals surface area contributed by atoms with Crippen LogP contribution in [0.15, 0.2) is 54.7 Å². The third kappa shape index (κ3) is 5.82. The van der Waals surface area contributed by atoms with Crippen LogP contribution in [0.4, 0.5) is 11.8 Å². The van der Waals surface area contributed by atoms with Crippen molar-refractivity contribution >= 4 is 11.8 Å². The first-order valence-corrected chi connectivity index (χ1v) is 13.4. The highest BCUT2D eigenvalue weighted by Gasteiger charge is 2.29. The molecule has 1 fully saturated rings. The van der Waals surface area contributed by atoms with Crippen molar-refractivity contribution in [2.24, 2.45) is 0 Å². The number of methoxy groups -OCH3 is 1. The Morgan fingerprint density at radius 1 is 1.08 bits per heavy atom. The number of rotatable bonds is 8. The van der Waals surface area contributed by atoms with Crippen molar-refractivity contribution in [1.29, 1.82) is 0 Å². The van der Waals surface area contributed by atoms with Gasteiger partial charge in [0, 0.05) is 32.9 Å². The van der Waals surface area contributed by atoms with Gasteiger partial charge in [0.2, 0.25) is 5.95 Å². The molecule has 3 atom stereocenters. The third-order valence-corrected chi connectivity index (χ3v) is 7.62. The second-order valence-corrected chi connectivity index (χ2v) is 10.4. The van der Waals surface area contributed by atoms with Gasteiger partial charge < -0.3 is 24.6 Å². The summed E-state index contributed by atoms with van der Waals surface area (Å²) < 4.78 is 11.8. The summed E-state index contributed by atoms with van der Waals surface area (Å²) >= 11 is 0. The van der Waals surface area contributed by atoms with Crippen LogP contribution in [-0.2, 0) is 12.8 Å². The lowest BCUT2D eigenvalue weighted by molar-refractivity contribution is 0.152. The highest BCUT2D eigenvalue weighted by atomic mass is 16.5. The van der Waals surface area contributed by atoms with Gasteiger partial charge in [0.1, 0.15) is 23.4 Å². The van der Waals surface area contributed by atoms with E-state index < -0.39 is 0 Å². The highest BCUT2D eigenvalue weighted by Crippen LogP contribution is 2.37. The molecular weight excluding hydrogens is 462 g/mol. The second kappa shape index (κ2) is 11.4. The Balaban J connectivity index is 1.38. The molecule has 2 aliphatic heterocycles. The van der Waals surface area contributed by atoms with Crippen LogP contribution in [0.25, 0.3) is 0 Å². The molecule has 3 unspecified atom stereocenters. The number of ether oxygens (including phenoxy) is 2. The zero-order valence-electron chi connectivity index (χ0n) is 22.5. The van der Waals surface area contributed by atoms with Crippen LogP contribution in [0.1, 0.15) is 48.9 Å². The molecule has 0 aliphatic carbocycles. The lowest BCUT2D eigenvalue weighted by atomic mass is 9.88. The van der Waals surface area contributed by atoms with Crippen molar-refractivity contribution in [2.75, 3.05) is 44.1 Å². The van der Waals surface area contributed by atoms with Crippen LogP contribution < -0.4 is 24.6 Å². The Bertz CT molecular complexity index is 1180. The van der Waals surface area contributed by atoms with Crippen molar-refractivity contribution in [3.05, 3.63) is 71.4 Å². The van der Waals surface area contributed by atoms with E-state index in [0.717, 1.165) is 49.2 Å². The van der Waals surface area contributed by atoms with Gasteiger partial charge in [-0.25, -0.2) is 4.98 Å². The Morgan fingerprint density at radius 3 is 2.62 bits per heavy atom. The minimum Gasteiger partial charge on any atom is -0.497 e. The Labute approximate surface area is 220 Å². The number of hydrogen-bond acceptors (Lipinski definition) is 7. The van der Waals surface area contributed by atoms with Crippen molar-refractivity contribution in [3.63, 3.8) is 0 Å². The molecule has 7 nitrogen and oxygen atoms in total. The largest absolute Gasteiger partial charge is 0.497 e. The van der Waals surface area contributed by atoms with Crippen molar-refractivity contribution in [3.8, 4) is 11.5 Å². The molecule has 37 heavy (non-hydrogen) atoms. The normalized spacial score (nSPS) is 20.2. The first-order chi connectivity index (χ1) is 18.0. The maximum atomic E-state index is 6.30. The molecule has 0 amide bonds. The SMILES string of the molecule is COc1ccc2c(c1)CCN(c1ccnc(N(C)C)n1)C2Cc1ccc(OC(C)C2CCCCN2)cc1. The predicted molar refractivity (Wildman–Crippen MR) is 149 cm³/mol. The first kappa shape index (κ1) is 25.3. The van der Waals surface area contributed by atoms with Crippen molar-refractivity contribution in [1.82, 2.24) is 15.3 Å². The molecule has 1 saturated heterocycles. The topological polar surface area (TPSA) is 62.8 Å². The lowest BCUT2D eigenvalue weighted by Gasteiger charge is -2.39. The van der Waals surface area contributed by atoms with E-state index in [4.69, 9.17) is 14.5 Å². The molecule has 0 spiro atoms. The van der Waals surface area contributed by atoms with E-state index in [1.165, 1.54) is 36.0 Å². The zero-order valence-corrected chi connectivity index (χ0v) is 22.5. The van der Waals surface area contributed by atoms with Gasteiger partial charge in [-0.3, -0.25) is 0 Å². The van der Waals surface area contributed by atoms with Crippen LogP contribution in [0, 0.1) is 0 Å². The van der Waals surface area contributed by atoms with Crippen molar-refractivity contribution < 1.29 is 9.47 Å². The maximum absolute atomic E-state index is 6.30. The summed E-state index contributed by atoms with van der Waals surface area (Å²) in [7, 11) is 5.68. The van der Waals surface area contributed by atoms with Gasteiger partial charge in [0.05, 0.1) is 13.2 Å². The van der Waals surface area contributed by atoms with E-state index in [1.807, 2.05) is 31.3 Å². The number of hydrogen-bond donors (Lipinski definition) is 1. The van der Waals surface area contributed by atoms with Gasteiger partial charge in [-0.15, -0.1) is 0 Å². The monoisotopic (exact) mass is 501 g/mol. The fourth-order valence-corrected chi connectivity index (χ4v) is 5.53. The predicted octanol–water partition coefficient (Wildman–Crippen LogP) is 4.81. The van der Waals surface area contributed by atoms with Crippen LogP contribution in [0.3, 0.4) is 0 Å². The Kier molecular flexibility index (Phi) is 7.79. The number of piperidine rings is 1. The molecule has 0 radical (unpaired) electrons. The molecule has 1 aromatic heterocycles. The number of nitrogens with one attached hydrogen (secondary N) is 1. The summed E-state index contributed by atoms with van der Waals surface area (Å²) in [4.78, 5) is 13.7. The molecule has 2 aromatic carbocycles. The molecule has 1 N–H and O–H groups in total. The van der Waals surface area contributed by atoms with Gasteiger partial charge in [0.25, 0.3) is 0 Å². The molecule has 0 saturated carbocycles. The van der Waals surface area contributed by atoms with Crippen LogP contribution >= 0.6 is 0 Å². The minimum absolute atomic E-state index is 0.158. The smallest absolute Gasteiger partial charge is 0.226 e. The van der Waals surface area contributed by atoms with E-state index >= 15 is 0 Å². The number of benzene rings is 2. The molecule has 7 heteroatoms. The zero-order chi connectivity index (χ0) is 25.8. The molecule has 3 aromatic rings. The molecule has 2 aliphatic rings. The van der Waals surface area contributed by atoms with Gasteiger partial charge >= 0.3 is 0 Å². The van der Waals surface area contributed by atoms with Gasteiger partial charge in [-0.05, 0) is 86.2 Å². The fraction of sp³-hybridized carbons (Fsp3) is 0.467. The number of anilines is 2. The van der Waals surface area contributed by atoms with E-state index in [2.05, 4.69) is 64.6 Å². The fourth-order valence-electron chi connectivity index (χ4n) is 5.53. The molecule has 196 valence electrons. The summed E-state index contributed by atoms with van der Waals surface area (Å²) in [6, 6.07) is 17.7. The van der Waals surface area contributed by atoms with Crippen LogP contribution in [0.5, 0.6) is 11.5 Å². The molecule has 5 rings (SSSR count). The number of nitrogens with zero attached hydrogens (tertiary/aromatic N) is 4. The summed E-state index contributed by atoms with van der Waals surface area (Å²) in [6.07, 6.45) is 7.55. The van der Waals surface area contributed by atoms with E-state index in [9.17, 15) is 0 Å². The highest BCUT2D eigenvalue weighted by molar-refractivity contribution is 5.51.